The molecule has 0 saturated carbocycles. The highest BCUT2D eigenvalue weighted by Gasteiger charge is 2.36. The molecule has 1 aliphatic heterocycles. The SMILES string of the molecule is Cc1cc2c(o1)CC(C)(C)CC2NC(=O)[C@H]1CCCN1. The van der Waals surface area contributed by atoms with Gasteiger partial charge >= 0.3 is 0 Å². The first-order valence-electron chi connectivity index (χ1n) is 7.58. The van der Waals surface area contributed by atoms with Crippen molar-refractivity contribution in [2.45, 2.75) is 58.5 Å². The minimum atomic E-state index is -0.0171. The zero-order valence-electron chi connectivity index (χ0n) is 12.6. The maximum Gasteiger partial charge on any atom is 0.237 e. The van der Waals surface area contributed by atoms with Crippen LogP contribution in [0.4, 0.5) is 0 Å². The molecule has 1 amide bonds. The van der Waals surface area contributed by atoms with E-state index >= 15 is 0 Å². The Balaban J connectivity index is 1.79. The first-order valence-corrected chi connectivity index (χ1v) is 7.58. The highest BCUT2D eigenvalue weighted by Crippen LogP contribution is 2.42. The molecule has 0 aromatic carbocycles. The van der Waals surface area contributed by atoms with Gasteiger partial charge in [0.1, 0.15) is 11.5 Å². The Morgan fingerprint density at radius 3 is 3.00 bits per heavy atom. The fourth-order valence-corrected chi connectivity index (χ4v) is 3.49. The third kappa shape index (κ3) is 2.62. The fourth-order valence-electron chi connectivity index (χ4n) is 3.49. The maximum atomic E-state index is 12.3. The molecule has 2 N–H and O–H groups in total. The van der Waals surface area contributed by atoms with Gasteiger partial charge < -0.3 is 15.1 Å². The first kappa shape index (κ1) is 13.7. The number of rotatable bonds is 2. The average Bonchev–Trinajstić information content (AvgIpc) is 2.95. The van der Waals surface area contributed by atoms with Gasteiger partial charge in [0.15, 0.2) is 0 Å². The maximum absolute atomic E-state index is 12.3. The zero-order valence-corrected chi connectivity index (χ0v) is 12.6. The fraction of sp³-hybridized carbons (Fsp3) is 0.688. The number of nitrogens with one attached hydrogen (secondary N) is 2. The molecule has 110 valence electrons. The molecular formula is C16H24N2O2. The number of aryl methyl sites for hydroxylation is 1. The van der Waals surface area contributed by atoms with Crippen LogP contribution >= 0.6 is 0 Å². The van der Waals surface area contributed by atoms with Crippen LogP contribution in [0.3, 0.4) is 0 Å². The second kappa shape index (κ2) is 4.92. The molecule has 4 nitrogen and oxygen atoms in total. The van der Waals surface area contributed by atoms with Crippen molar-refractivity contribution in [2.75, 3.05) is 6.54 Å². The number of furan rings is 1. The number of fused-ring (bicyclic) bond motifs is 1. The summed E-state index contributed by atoms with van der Waals surface area (Å²) < 4.78 is 5.81. The zero-order chi connectivity index (χ0) is 14.3. The van der Waals surface area contributed by atoms with Crippen LogP contribution in [0.2, 0.25) is 0 Å². The lowest BCUT2D eigenvalue weighted by Gasteiger charge is -2.35. The standard InChI is InChI=1S/C16H24N2O2/c1-10-7-11-13(8-16(2,3)9-14(11)20-10)18-15(19)12-5-4-6-17-12/h7,12-13,17H,4-6,8-9H2,1-3H3,(H,18,19)/t12-,13?/m1/s1. The second-order valence-corrected chi connectivity index (χ2v) is 6.99. The minimum absolute atomic E-state index is 0.0171. The molecule has 3 rings (SSSR count). The van der Waals surface area contributed by atoms with E-state index in [2.05, 4.69) is 30.5 Å². The van der Waals surface area contributed by atoms with E-state index < -0.39 is 0 Å². The molecule has 1 aliphatic carbocycles. The largest absolute Gasteiger partial charge is 0.466 e. The predicted octanol–water partition coefficient (Wildman–Crippen LogP) is 2.47. The Morgan fingerprint density at radius 1 is 1.50 bits per heavy atom. The van der Waals surface area contributed by atoms with Crippen LogP contribution in [0.5, 0.6) is 0 Å². The van der Waals surface area contributed by atoms with Gasteiger partial charge in [-0.1, -0.05) is 13.8 Å². The van der Waals surface area contributed by atoms with E-state index in [9.17, 15) is 4.79 Å². The molecule has 0 radical (unpaired) electrons. The topological polar surface area (TPSA) is 54.3 Å². The average molecular weight is 276 g/mol. The predicted molar refractivity (Wildman–Crippen MR) is 77.5 cm³/mol. The van der Waals surface area contributed by atoms with Gasteiger partial charge in [-0.05, 0) is 44.2 Å². The van der Waals surface area contributed by atoms with Crippen LogP contribution in [0, 0.1) is 12.3 Å². The Bertz CT molecular complexity index is 513. The smallest absolute Gasteiger partial charge is 0.237 e. The summed E-state index contributed by atoms with van der Waals surface area (Å²) in [6.07, 6.45) is 3.95. The van der Waals surface area contributed by atoms with E-state index in [1.165, 1.54) is 5.56 Å². The monoisotopic (exact) mass is 276 g/mol. The molecule has 2 aliphatic rings. The van der Waals surface area contributed by atoms with Gasteiger partial charge in [-0.2, -0.15) is 0 Å². The van der Waals surface area contributed by atoms with Crippen molar-refractivity contribution in [3.8, 4) is 0 Å². The molecule has 1 aromatic rings. The first-order chi connectivity index (χ1) is 9.44. The third-order valence-electron chi connectivity index (χ3n) is 4.43. The number of carbonyl (C=O) groups excluding carboxylic acids is 1. The summed E-state index contributed by atoms with van der Waals surface area (Å²) in [6, 6.07) is 2.15. The summed E-state index contributed by atoms with van der Waals surface area (Å²) in [7, 11) is 0. The number of hydrogen-bond acceptors (Lipinski definition) is 3. The van der Waals surface area contributed by atoms with Crippen LogP contribution < -0.4 is 10.6 Å². The molecule has 0 spiro atoms. The molecule has 4 heteroatoms. The van der Waals surface area contributed by atoms with Gasteiger partial charge in [0.2, 0.25) is 5.91 Å². The molecule has 2 heterocycles. The van der Waals surface area contributed by atoms with Crippen LogP contribution in [-0.4, -0.2) is 18.5 Å². The quantitative estimate of drug-likeness (QED) is 0.872. The van der Waals surface area contributed by atoms with Crippen LogP contribution in [-0.2, 0) is 11.2 Å². The lowest BCUT2D eigenvalue weighted by atomic mass is 9.74. The van der Waals surface area contributed by atoms with E-state index in [1.54, 1.807) is 0 Å². The van der Waals surface area contributed by atoms with Gasteiger partial charge in [-0.3, -0.25) is 4.79 Å². The summed E-state index contributed by atoms with van der Waals surface area (Å²) >= 11 is 0. The molecule has 1 fully saturated rings. The Kier molecular flexibility index (Phi) is 3.36. The molecular weight excluding hydrogens is 252 g/mol. The van der Waals surface area contributed by atoms with Gasteiger partial charge in [0.05, 0.1) is 12.1 Å². The summed E-state index contributed by atoms with van der Waals surface area (Å²) in [5.74, 6) is 2.12. The molecule has 20 heavy (non-hydrogen) atoms. The molecule has 0 bridgehead atoms. The Hall–Kier alpha value is -1.29. The lowest BCUT2D eigenvalue weighted by molar-refractivity contribution is -0.123. The third-order valence-corrected chi connectivity index (χ3v) is 4.43. The normalized spacial score (nSPS) is 28.1. The lowest BCUT2D eigenvalue weighted by Crippen LogP contribution is -2.44. The molecule has 1 unspecified atom stereocenters. The van der Waals surface area contributed by atoms with Crippen LogP contribution in [0.25, 0.3) is 0 Å². The van der Waals surface area contributed by atoms with Crippen LogP contribution in [0.15, 0.2) is 10.5 Å². The van der Waals surface area contributed by atoms with E-state index in [0.717, 1.165) is 43.7 Å². The highest BCUT2D eigenvalue weighted by molar-refractivity contribution is 5.82. The van der Waals surface area contributed by atoms with Crippen LogP contribution in [0.1, 0.15) is 56.2 Å². The molecule has 1 aromatic heterocycles. The van der Waals surface area contributed by atoms with Crippen molar-refractivity contribution in [3.05, 3.63) is 23.2 Å². The van der Waals surface area contributed by atoms with Crippen molar-refractivity contribution in [3.63, 3.8) is 0 Å². The van der Waals surface area contributed by atoms with E-state index in [1.807, 2.05) is 6.92 Å². The summed E-state index contributed by atoms with van der Waals surface area (Å²) in [5.41, 5.74) is 1.34. The summed E-state index contributed by atoms with van der Waals surface area (Å²) in [4.78, 5) is 12.3. The number of hydrogen-bond donors (Lipinski definition) is 2. The van der Waals surface area contributed by atoms with E-state index in [4.69, 9.17) is 4.42 Å². The summed E-state index contributed by atoms with van der Waals surface area (Å²) in [6.45, 7) is 7.40. The Labute approximate surface area is 120 Å². The van der Waals surface area contributed by atoms with Gasteiger partial charge in [-0.15, -0.1) is 0 Å². The van der Waals surface area contributed by atoms with Gasteiger partial charge in [0, 0.05) is 12.0 Å². The van der Waals surface area contributed by atoms with Gasteiger partial charge in [0.25, 0.3) is 0 Å². The van der Waals surface area contributed by atoms with Crippen molar-refractivity contribution in [1.29, 1.82) is 0 Å². The van der Waals surface area contributed by atoms with Crippen molar-refractivity contribution >= 4 is 5.91 Å². The molecule has 2 atom stereocenters. The Morgan fingerprint density at radius 2 is 2.30 bits per heavy atom. The van der Waals surface area contributed by atoms with Crippen molar-refractivity contribution in [1.82, 2.24) is 10.6 Å². The van der Waals surface area contributed by atoms with Crippen molar-refractivity contribution in [2.24, 2.45) is 5.41 Å². The van der Waals surface area contributed by atoms with Crippen molar-refractivity contribution < 1.29 is 9.21 Å². The number of amides is 1. The molecule has 1 saturated heterocycles. The second-order valence-electron chi connectivity index (χ2n) is 6.99. The highest BCUT2D eigenvalue weighted by atomic mass is 16.3. The van der Waals surface area contributed by atoms with E-state index in [0.29, 0.717) is 0 Å². The summed E-state index contributed by atoms with van der Waals surface area (Å²) in [5, 5.41) is 6.48. The minimum Gasteiger partial charge on any atom is -0.466 e. The van der Waals surface area contributed by atoms with E-state index in [-0.39, 0.29) is 23.4 Å². The number of carbonyl (C=O) groups is 1. The van der Waals surface area contributed by atoms with Gasteiger partial charge in [-0.25, -0.2) is 0 Å².